The van der Waals surface area contributed by atoms with E-state index in [1.54, 1.807) is 6.07 Å². The minimum absolute atomic E-state index is 0.0444. The smallest absolute Gasteiger partial charge is 0.324 e. The zero-order valence-corrected chi connectivity index (χ0v) is 10.4. The lowest BCUT2D eigenvalue weighted by atomic mass is 10.1. The summed E-state index contributed by atoms with van der Waals surface area (Å²) in [6, 6.07) is 4.27. The Morgan fingerprint density at radius 1 is 1.59 bits per heavy atom. The second-order valence-electron chi connectivity index (χ2n) is 3.24. The van der Waals surface area contributed by atoms with Gasteiger partial charge in [0.2, 0.25) is 0 Å². The lowest BCUT2D eigenvalue weighted by molar-refractivity contribution is -0.384. The van der Waals surface area contributed by atoms with Gasteiger partial charge in [0.25, 0.3) is 5.69 Å². The van der Waals surface area contributed by atoms with Gasteiger partial charge in [0.05, 0.1) is 12.0 Å². The highest BCUT2D eigenvalue weighted by atomic mass is 35.5. The molecule has 0 fully saturated rings. The van der Waals surface area contributed by atoms with Crippen LogP contribution in [0.15, 0.2) is 18.2 Å². The fraction of sp³-hybridized carbons (Fsp3) is 0.300. The van der Waals surface area contributed by atoms with E-state index in [9.17, 15) is 14.9 Å². The van der Waals surface area contributed by atoms with E-state index in [0.29, 0.717) is 5.56 Å². The number of nitro benzene ring substituents is 1. The molecule has 0 aliphatic rings. The molecule has 7 heteroatoms. The minimum Gasteiger partial charge on any atom is -0.468 e. The molecule has 17 heavy (non-hydrogen) atoms. The molecule has 0 aliphatic carbocycles. The van der Waals surface area contributed by atoms with Crippen molar-refractivity contribution in [1.82, 2.24) is 0 Å². The zero-order valence-electron chi connectivity index (χ0n) is 8.85. The number of hydrogen-bond donors (Lipinski definition) is 0. The van der Waals surface area contributed by atoms with Gasteiger partial charge in [-0.25, -0.2) is 0 Å². The van der Waals surface area contributed by atoms with Crippen molar-refractivity contribution in [3.05, 3.63) is 38.9 Å². The van der Waals surface area contributed by atoms with Crippen molar-refractivity contribution in [2.75, 3.05) is 7.11 Å². The van der Waals surface area contributed by atoms with E-state index in [1.807, 2.05) is 0 Å². The van der Waals surface area contributed by atoms with Crippen molar-refractivity contribution in [2.24, 2.45) is 0 Å². The topological polar surface area (TPSA) is 69.4 Å². The molecule has 0 aliphatic heterocycles. The summed E-state index contributed by atoms with van der Waals surface area (Å²) in [6.45, 7) is 0. The van der Waals surface area contributed by atoms with Crippen molar-refractivity contribution in [2.45, 2.75) is 11.8 Å². The maximum Gasteiger partial charge on any atom is 0.324 e. The summed E-state index contributed by atoms with van der Waals surface area (Å²) in [5.41, 5.74) is 0.337. The van der Waals surface area contributed by atoms with Crippen LogP contribution in [0.2, 0.25) is 5.02 Å². The lowest BCUT2D eigenvalue weighted by Gasteiger charge is -2.07. The lowest BCUT2D eigenvalue weighted by Crippen LogP contribution is -2.18. The highest BCUT2D eigenvalue weighted by Crippen LogP contribution is 2.26. The van der Waals surface area contributed by atoms with E-state index < -0.39 is 16.3 Å². The quantitative estimate of drug-likeness (QED) is 0.367. The van der Waals surface area contributed by atoms with Crippen LogP contribution in [-0.4, -0.2) is 23.4 Å². The molecule has 0 spiro atoms. The number of carbonyl (C=O) groups is 1. The van der Waals surface area contributed by atoms with E-state index in [4.69, 9.17) is 23.2 Å². The molecular formula is C10H9Cl2NO4. The molecule has 1 atom stereocenters. The maximum absolute atomic E-state index is 11.1. The molecule has 1 rings (SSSR count). The Labute approximate surface area is 107 Å². The van der Waals surface area contributed by atoms with E-state index in [0.717, 1.165) is 0 Å². The molecule has 1 unspecified atom stereocenters. The molecule has 0 saturated carbocycles. The molecule has 1 aromatic rings. The van der Waals surface area contributed by atoms with E-state index >= 15 is 0 Å². The van der Waals surface area contributed by atoms with E-state index in [2.05, 4.69) is 4.74 Å². The molecule has 0 heterocycles. The highest BCUT2D eigenvalue weighted by Gasteiger charge is 2.19. The van der Waals surface area contributed by atoms with Gasteiger partial charge in [0.15, 0.2) is 0 Å². The SMILES string of the molecule is COC(=O)C(Cl)Cc1ccc(Cl)c([N+](=O)[O-])c1. The number of nitrogens with zero attached hydrogens (tertiary/aromatic N) is 1. The number of halogens is 2. The van der Waals surface area contributed by atoms with Gasteiger partial charge in [-0.15, -0.1) is 11.6 Å². The average molecular weight is 278 g/mol. The van der Waals surface area contributed by atoms with Gasteiger partial charge in [-0.2, -0.15) is 0 Å². The predicted octanol–water partition coefficient (Wildman–Crippen LogP) is 2.57. The Bertz CT molecular complexity index is 450. The first-order chi connectivity index (χ1) is 7.95. The average Bonchev–Trinajstić information content (AvgIpc) is 2.30. The van der Waals surface area contributed by atoms with Crippen LogP contribution in [0.25, 0.3) is 0 Å². The monoisotopic (exact) mass is 277 g/mol. The molecule has 1 aromatic carbocycles. The third-order valence-electron chi connectivity index (χ3n) is 2.08. The number of esters is 1. The fourth-order valence-corrected chi connectivity index (χ4v) is 1.70. The first kappa shape index (κ1) is 13.7. The molecule has 0 bridgehead atoms. The van der Waals surface area contributed by atoms with Crippen LogP contribution in [0.4, 0.5) is 5.69 Å². The van der Waals surface area contributed by atoms with Crippen LogP contribution >= 0.6 is 23.2 Å². The standard InChI is InChI=1S/C10H9Cl2NO4/c1-17-10(14)8(12)4-6-2-3-7(11)9(5-6)13(15)16/h2-3,5,8H,4H2,1H3. The van der Waals surface area contributed by atoms with Gasteiger partial charge in [0, 0.05) is 6.07 Å². The Morgan fingerprint density at radius 3 is 2.76 bits per heavy atom. The van der Waals surface area contributed by atoms with Crippen molar-refractivity contribution < 1.29 is 14.5 Å². The van der Waals surface area contributed by atoms with Gasteiger partial charge in [-0.3, -0.25) is 14.9 Å². The number of nitro groups is 1. The first-order valence-electron chi connectivity index (χ1n) is 4.60. The van der Waals surface area contributed by atoms with Gasteiger partial charge in [0.1, 0.15) is 10.4 Å². The van der Waals surface area contributed by atoms with Gasteiger partial charge in [-0.1, -0.05) is 17.7 Å². The Balaban J connectivity index is 2.90. The number of ether oxygens (including phenoxy) is 1. The molecule has 0 aromatic heterocycles. The second kappa shape index (κ2) is 5.84. The number of hydrogen-bond acceptors (Lipinski definition) is 4. The number of alkyl halides is 1. The highest BCUT2D eigenvalue weighted by molar-refractivity contribution is 6.32. The molecule has 92 valence electrons. The fourth-order valence-electron chi connectivity index (χ4n) is 1.24. The second-order valence-corrected chi connectivity index (χ2v) is 4.17. The third-order valence-corrected chi connectivity index (χ3v) is 2.73. The van der Waals surface area contributed by atoms with Crippen LogP contribution in [0.1, 0.15) is 5.56 Å². The van der Waals surface area contributed by atoms with Crippen LogP contribution in [0, 0.1) is 10.1 Å². The molecule has 0 amide bonds. The number of methoxy groups -OCH3 is 1. The summed E-state index contributed by atoms with van der Waals surface area (Å²) < 4.78 is 4.45. The van der Waals surface area contributed by atoms with Crippen LogP contribution in [-0.2, 0) is 16.0 Å². The largest absolute Gasteiger partial charge is 0.468 e. The zero-order chi connectivity index (χ0) is 13.0. The summed E-state index contributed by atoms with van der Waals surface area (Å²) >= 11 is 11.4. The molecular weight excluding hydrogens is 269 g/mol. The summed E-state index contributed by atoms with van der Waals surface area (Å²) in [5, 5.41) is 9.82. The Kier molecular flexibility index (Phi) is 4.72. The maximum atomic E-state index is 11.1. The van der Waals surface area contributed by atoms with Gasteiger partial charge < -0.3 is 4.74 Å². The summed E-state index contributed by atoms with van der Waals surface area (Å²) in [7, 11) is 1.22. The van der Waals surface area contributed by atoms with Crippen molar-refractivity contribution in [3.63, 3.8) is 0 Å². The summed E-state index contributed by atoms with van der Waals surface area (Å²) in [5.74, 6) is -0.579. The van der Waals surface area contributed by atoms with Crippen LogP contribution in [0.5, 0.6) is 0 Å². The van der Waals surface area contributed by atoms with E-state index in [1.165, 1.54) is 19.2 Å². The van der Waals surface area contributed by atoms with Gasteiger partial charge in [-0.05, 0) is 18.1 Å². The predicted molar refractivity (Wildman–Crippen MR) is 63.5 cm³/mol. The summed E-state index contributed by atoms with van der Waals surface area (Å²) in [4.78, 5) is 21.1. The number of rotatable bonds is 4. The van der Waals surface area contributed by atoms with Crippen LogP contribution in [0.3, 0.4) is 0 Å². The molecule has 0 radical (unpaired) electrons. The third kappa shape index (κ3) is 3.57. The van der Waals surface area contributed by atoms with Crippen molar-refractivity contribution in [1.29, 1.82) is 0 Å². The number of carbonyl (C=O) groups excluding carboxylic acids is 1. The van der Waals surface area contributed by atoms with Gasteiger partial charge >= 0.3 is 5.97 Å². The Morgan fingerprint density at radius 2 is 2.24 bits per heavy atom. The summed E-state index contributed by atoms with van der Waals surface area (Å²) in [6.07, 6.45) is 0.145. The molecule has 0 N–H and O–H groups in total. The number of benzene rings is 1. The van der Waals surface area contributed by atoms with E-state index in [-0.39, 0.29) is 17.1 Å². The Hall–Kier alpha value is -1.33. The van der Waals surface area contributed by atoms with Crippen LogP contribution < -0.4 is 0 Å². The molecule has 5 nitrogen and oxygen atoms in total. The van der Waals surface area contributed by atoms with Crippen molar-refractivity contribution in [3.8, 4) is 0 Å². The first-order valence-corrected chi connectivity index (χ1v) is 5.42. The molecule has 0 saturated heterocycles. The minimum atomic E-state index is -0.874. The van der Waals surface area contributed by atoms with Crippen molar-refractivity contribution >= 4 is 34.9 Å². The normalized spacial score (nSPS) is 11.9.